The molecule has 1 unspecified atom stereocenters. The van der Waals surface area contributed by atoms with Crippen molar-refractivity contribution in [2.45, 2.75) is 19.8 Å². The van der Waals surface area contributed by atoms with Crippen LogP contribution in [0, 0.1) is 6.92 Å². The molecule has 1 aromatic heterocycles. The molecule has 0 bridgehead atoms. The van der Waals surface area contributed by atoms with Crippen LogP contribution in [0.4, 0.5) is 0 Å². The van der Waals surface area contributed by atoms with Gasteiger partial charge >= 0.3 is 5.97 Å². The lowest BCUT2D eigenvalue weighted by molar-refractivity contribution is -0.138. The first kappa shape index (κ1) is 10.2. The largest absolute Gasteiger partial charge is 0.481 e. The van der Waals surface area contributed by atoms with Gasteiger partial charge < -0.3 is 5.11 Å². The number of carbonyl (C=O) groups is 1. The van der Waals surface area contributed by atoms with Gasteiger partial charge in [-0.15, -0.1) is 11.3 Å². The van der Waals surface area contributed by atoms with E-state index < -0.39 is 11.9 Å². The highest BCUT2D eigenvalue weighted by atomic mass is 32.1. The van der Waals surface area contributed by atoms with Crippen molar-refractivity contribution in [3.05, 3.63) is 34.7 Å². The van der Waals surface area contributed by atoms with E-state index in [4.69, 9.17) is 5.11 Å². The van der Waals surface area contributed by atoms with Gasteiger partial charge in [0.2, 0.25) is 0 Å². The molecule has 0 amide bonds. The van der Waals surface area contributed by atoms with Gasteiger partial charge in [-0.2, -0.15) is 0 Å². The van der Waals surface area contributed by atoms with Crippen LogP contribution >= 0.6 is 11.3 Å². The van der Waals surface area contributed by atoms with Crippen LogP contribution in [-0.4, -0.2) is 11.1 Å². The van der Waals surface area contributed by atoms with Crippen molar-refractivity contribution in [1.29, 1.82) is 0 Å². The molecule has 1 heterocycles. The summed E-state index contributed by atoms with van der Waals surface area (Å²) in [7, 11) is 0. The maximum Gasteiger partial charge on any atom is 0.310 e. The maximum absolute atomic E-state index is 10.9. The van der Waals surface area contributed by atoms with Crippen LogP contribution in [0.5, 0.6) is 0 Å². The van der Waals surface area contributed by atoms with E-state index >= 15 is 0 Å². The summed E-state index contributed by atoms with van der Waals surface area (Å²) in [5, 5.41) is 12.0. The average Bonchev–Trinajstić information content (AvgIpc) is 2.59. The second-order valence-electron chi connectivity index (χ2n) is 3.75. The smallest absolute Gasteiger partial charge is 0.310 e. The summed E-state index contributed by atoms with van der Waals surface area (Å²) >= 11 is 1.61. The monoisotopic (exact) mass is 220 g/mol. The number of aryl methyl sites for hydroxylation is 1. The minimum Gasteiger partial charge on any atom is -0.481 e. The molecule has 1 atom stereocenters. The molecule has 2 aromatic rings. The van der Waals surface area contributed by atoms with Crippen molar-refractivity contribution < 1.29 is 9.90 Å². The number of hydrogen-bond donors (Lipinski definition) is 1. The Bertz CT molecular complexity index is 513. The number of aliphatic carboxylic acids is 1. The lowest BCUT2D eigenvalue weighted by Crippen LogP contribution is -2.06. The van der Waals surface area contributed by atoms with Gasteiger partial charge in [-0.1, -0.05) is 17.7 Å². The van der Waals surface area contributed by atoms with E-state index in [0.29, 0.717) is 0 Å². The molecule has 0 aliphatic carbocycles. The highest BCUT2D eigenvalue weighted by molar-refractivity contribution is 7.17. The van der Waals surface area contributed by atoms with Crippen molar-refractivity contribution in [2.24, 2.45) is 0 Å². The minimum absolute atomic E-state index is 0.430. The first-order chi connectivity index (χ1) is 7.09. The third kappa shape index (κ3) is 1.75. The first-order valence-electron chi connectivity index (χ1n) is 4.80. The Labute approximate surface area is 92.2 Å². The van der Waals surface area contributed by atoms with E-state index in [1.54, 1.807) is 18.3 Å². The topological polar surface area (TPSA) is 37.3 Å². The fourth-order valence-electron chi connectivity index (χ4n) is 1.63. The van der Waals surface area contributed by atoms with Crippen LogP contribution in [-0.2, 0) is 4.79 Å². The van der Waals surface area contributed by atoms with Crippen molar-refractivity contribution in [3.8, 4) is 0 Å². The van der Waals surface area contributed by atoms with E-state index in [1.165, 1.54) is 5.56 Å². The van der Waals surface area contributed by atoms with Gasteiger partial charge in [-0.3, -0.25) is 4.79 Å². The van der Waals surface area contributed by atoms with Crippen LogP contribution < -0.4 is 0 Å². The minimum atomic E-state index is -0.767. The van der Waals surface area contributed by atoms with E-state index in [1.807, 2.05) is 24.4 Å². The Balaban J connectivity index is 2.61. The fourth-order valence-corrected chi connectivity index (χ4v) is 2.67. The number of carboxylic acids is 1. The molecule has 3 heteroatoms. The molecule has 2 rings (SSSR count). The van der Waals surface area contributed by atoms with E-state index in [9.17, 15) is 4.79 Å². The molecular weight excluding hydrogens is 208 g/mol. The molecular formula is C12H12O2S. The number of thiophene rings is 1. The second kappa shape index (κ2) is 3.66. The SMILES string of the molecule is Cc1ccc2scc(C(C)C(=O)O)c2c1. The molecule has 2 nitrogen and oxygen atoms in total. The Morgan fingerprint density at radius 2 is 2.20 bits per heavy atom. The van der Waals surface area contributed by atoms with Crippen LogP contribution in [0.3, 0.4) is 0 Å². The van der Waals surface area contributed by atoms with Crippen molar-refractivity contribution in [1.82, 2.24) is 0 Å². The summed E-state index contributed by atoms with van der Waals surface area (Å²) in [6, 6.07) is 6.15. The standard InChI is InChI=1S/C12H12O2S/c1-7-3-4-11-9(5-7)10(6-15-11)8(2)12(13)14/h3-6,8H,1-2H3,(H,13,14). The summed E-state index contributed by atoms with van der Waals surface area (Å²) in [5.41, 5.74) is 2.09. The Morgan fingerprint density at radius 1 is 1.47 bits per heavy atom. The van der Waals surface area contributed by atoms with Gasteiger partial charge in [0, 0.05) is 4.70 Å². The van der Waals surface area contributed by atoms with Crippen LogP contribution in [0.1, 0.15) is 24.0 Å². The molecule has 0 aliphatic heterocycles. The number of carboxylic acid groups (broad SMARTS) is 1. The second-order valence-corrected chi connectivity index (χ2v) is 4.66. The Morgan fingerprint density at radius 3 is 2.87 bits per heavy atom. The summed E-state index contributed by atoms with van der Waals surface area (Å²) in [5.74, 6) is -1.20. The molecule has 0 radical (unpaired) electrons. The van der Waals surface area contributed by atoms with E-state index in [2.05, 4.69) is 6.07 Å². The molecule has 1 aromatic carbocycles. The number of rotatable bonds is 2. The normalized spacial score (nSPS) is 12.9. The van der Waals surface area contributed by atoms with Gasteiger partial charge in [-0.25, -0.2) is 0 Å². The maximum atomic E-state index is 10.9. The number of hydrogen-bond acceptors (Lipinski definition) is 2. The fraction of sp³-hybridized carbons (Fsp3) is 0.250. The first-order valence-corrected chi connectivity index (χ1v) is 5.68. The molecule has 0 fully saturated rings. The summed E-state index contributed by atoms with van der Waals surface area (Å²) < 4.78 is 1.16. The Hall–Kier alpha value is -1.35. The molecule has 0 saturated heterocycles. The Kier molecular flexibility index (Phi) is 2.49. The lowest BCUT2D eigenvalue weighted by atomic mass is 10.00. The van der Waals surface area contributed by atoms with Crippen LogP contribution in [0.25, 0.3) is 10.1 Å². The van der Waals surface area contributed by atoms with Crippen LogP contribution in [0.2, 0.25) is 0 Å². The summed E-state index contributed by atoms with van der Waals surface area (Å²) in [6.45, 7) is 3.75. The van der Waals surface area contributed by atoms with Gasteiger partial charge in [-0.05, 0) is 36.2 Å². The highest BCUT2D eigenvalue weighted by Gasteiger charge is 2.17. The van der Waals surface area contributed by atoms with Crippen LogP contribution in [0.15, 0.2) is 23.6 Å². The van der Waals surface area contributed by atoms with Gasteiger partial charge in [0.05, 0.1) is 5.92 Å². The lowest BCUT2D eigenvalue weighted by Gasteiger charge is -2.04. The molecule has 15 heavy (non-hydrogen) atoms. The number of fused-ring (bicyclic) bond motifs is 1. The number of benzene rings is 1. The van der Waals surface area contributed by atoms with Gasteiger partial charge in [0.1, 0.15) is 0 Å². The summed E-state index contributed by atoms with van der Waals surface area (Å²) in [6.07, 6.45) is 0. The predicted molar refractivity (Wildman–Crippen MR) is 62.6 cm³/mol. The van der Waals surface area contributed by atoms with Gasteiger partial charge in [0.15, 0.2) is 0 Å². The molecule has 0 aliphatic rings. The summed E-state index contributed by atoms with van der Waals surface area (Å²) in [4.78, 5) is 10.9. The van der Waals surface area contributed by atoms with Crippen molar-refractivity contribution in [2.75, 3.05) is 0 Å². The average molecular weight is 220 g/mol. The molecule has 0 saturated carbocycles. The van der Waals surface area contributed by atoms with E-state index in [-0.39, 0.29) is 0 Å². The third-order valence-corrected chi connectivity index (χ3v) is 3.58. The van der Waals surface area contributed by atoms with Crippen molar-refractivity contribution >= 4 is 27.4 Å². The van der Waals surface area contributed by atoms with Gasteiger partial charge in [0.25, 0.3) is 0 Å². The molecule has 0 spiro atoms. The quantitative estimate of drug-likeness (QED) is 0.842. The molecule has 78 valence electrons. The molecule has 1 N–H and O–H groups in total. The van der Waals surface area contributed by atoms with Crippen molar-refractivity contribution in [3.63, 3.8) is 0 Å². The zero-order chi connectivity index (χ0) is 11.0. The zero-order valence-corrected chi connectivity index (χ0v) is 9.47. The predicted octanol–water partition coefficient (Wildman–Crippen LogP) is 3.40. The van der Waals surface area contributed by atoms with E-state index in [0.717, 1.165) is 15.6 Å². The zero-order valence-electron chi connectivity index (χ0n) is 8.65. The third-order valence-electron chi connectivity index (χ3n) is 2.60. The highest BCUT2D eigenvalue weighted by Crippen LogP contribution is 2.31.